The van der Waals surface area contributed by atoms with Crippen LogP contribution >= 0.6 is 0 Å². The summed E-state index contributed by atoms with van der Waals surface area (Å²) in [4.78, 5) is 11.8. The third-order valence-electron chi connectivity index (χ3n) is 6.00. The molecule has 2 aliphatic rings. The first-order chi connectivity index (χ1) is 14.1. The number of carbonyl (C=O) groups is 1. The Morgan fingerprint density at radius 1 is 1.10 bits per heavy atom. The minimum Gasteiger partial charge on any atom is -0.496 e. The molecule has 2 aliphatic heterocycles. The number of amides is 1. The minimum absolute atomic E-state index is 0.00265. The molecule has 0 unspecified atom stereocenters. The molecule has 0 radical (unpaired) electrons. The van der Waals surface area contributed by atoms with Crippen molar-refractivity contribution in [3.05, 3.63) is 54.1 Å². The second-order valence-corrected chi connectivity index (χ2v) is 8.06. The Morgan fingerprint density at radius 2 is 1.86 bits per heavy atom. The number of rotatable bonds is 4. The average molecular weight is 395 g/mol. The zero-order chi connectivity index (χ0) is 20.3. The van der Waals surface area contributed by atoms with E-state index in [0.29, 0.717) is 13.2 Å². The van der Waals surface area contributed by atoms with E-state index >= 15 is 0 Å². The molecule has 2 atom stereocenters. The highest BCUT2D eigenvalue weighted by Crippen LogP contribution is 2.45. The number of methoxy groups -OCH3 is 1. The molecule has 2 heterocycles. The van der Waals surface area contributed by atoms with E-state index in [-0.39, 0.29) is 23.7 Å². The predicted molar refractivity (Wildman–Crippen MR) is 112 cm³/mol. The fourth-order valence-corrected chi connectivity index (χ4v) is 4.64. The summed E-state index contributed by atoms with van der Waals surface area (Å²) in [7, 11) is 1.69. The molecule has 154 valence electrons. The van der Waals surface area contributed by atoms with E-state index in [1.165, 1.54) is 0 Å². The first-order valence-corrected chi connectivity index (χ1v) is 10.3. The van der Waals surface area contributed by atoms with Crippen molar-refractivity contribution < 1.29 is 19.0 Å². The molecule has 1 N–H and O–H groups in total. The molecule has 2 saturated heterocycles. The summed E-state index contributed by atoms with van der Waals surface area (Å²) in [6, 6.07) is 16.7. The van der Waals surface area contributed by atoms with Crippen LogP contribution in [-0.2, 0) is 14.3 Å². The van der Waals surface area contributed by atoms with Crippen LogP contribution in [0.15, 0.2) is 48.5 Å². The van der Waals surface area contributed by atoms with Gasteiger partial charge in [0.05, 0.1) is 18.8 Å². The van der Waals surface area contributed by atoms with Crippen molar-refractivity contribution in [3.8, 4) is 16.9 Å². The van der Waals surface area contributed by atoms with Crippen LogP contribution in [0, 0.1) is 0 Å². The lowest BCUT2D eigenvalue weighted by molar-refractivity contribution is -0.179. The Labute approximate surface area is 172 Å². The second kappa shape index (κ2) is 8.56. The highest BCUT2D eigenvalue weighted by atomic mass is 16.5. The molecule has 5 nitrogen and oxygen atoms in total. The summed E-state index contributed by atoms with van der Waals surface area (Å²) >= 11 is 0. The fourth-order valence-electron chi connectivity index (χ4n) is 4.64. The molecule has 0 bridgehead atoms. The van der Waals surface area contributed by atoms with Gasteiger partial charge >= 0.3 is 0 Å². The Morgan fingerprint density at radius 3 is 2.55 bits per heavy atom. The summed E-state index contributed by atoms with van der Waals surface area (Å²) in [6.45, 7) is 2.97. The molecule has 1 spiro atoms. The molecule has 2 fully saturated rings. The summed E-state index contributed by atoms with van der Waals surface area (Å²) < 4.78 is 18.0. The molecular formula is C24H29NO4. The van der Waals surface area contributed by atoms with Gasteiger partial charge in [0.15, 0.2) is 0 Å². The van der Waals surface area contributed by atoms with Crippen molar-refractivity contribution in [2.45, 2.75) is 50.4 Å². The lowest BCUT2D eigenvalue weighted by Gasteiger charge is -2.47. The van der Waals surface area contributed by atoms with Crippen molar-refractivity contribution in [1.82, 2.24) is 5.32 Å². The number of hydrogen-bond acceptors (Lipinski definition) is 4. The van der Waals surface area contributed by atoms with Gasteiger partial charge in [-0.15, -0.1) is 0 Å². The van der Waals surface area contributed by atoms with Crippen LogP contribution in [0.1, 0.15) is 44.3 Å². The number of carbonyl (C=O) groups excluding carboxylic acids is 1. The third-order valence-corrected chi connectivity index (χ3v) is 6.00. The van der Waals surface area contributed by atoms with Gasteiger partial charge in [0, 0.05) is 31.7 Å². The molecule has 0 aliphatic carbocycles. The maximum Gasteiger partial charge on any atom is 0.217 e. The number of hydrogen-bond donors (Lipinski definition) is 1. The highest BCUT2D eigenvalue weighted by Gasteiger charge is 2.44. The van der Waals surface area contributed by atoms with Crippen molar-refractivity contribution in [2.24, 2.45) is 0 Å². The first-order valence-electron chi connectivity index (χ1n) is 10.3. The van der Waals surface area contributed by atoms with Crippen LogP contribution in [0.5, 0.6) is 5.75 Å². The molecule has 4 rings (SSSR count). The summed E-state index contributed by atoms with van der Waals surface area (Å²) in [6.07, 6.45) is 3.11. The smallest absolute Gasteiger partial charge is 0.217 e. The monoisotopic (exact) mass is 395 g/mol. The van der Waals surface area contributed by atoms with Gasteiger partial charge in [-0.3, -0.25) is 4.79 Å². The molecule has 29 heavy (non-hydrogen) atoms. The van der Waals surface area contributed by atoms with Crippen LogP contribution < -0.4 is 10.1 Å². The van der Waals surface area contributed by atoms with Crippen molar-refractivity contribution in [3.63, 3.8) is 0 Å². The zero-order valence-corrected chi connectivity index (χ0v) is 17.1. The van der Waals surface area contributed by atoms with Gasteiger partial charge in [0.25, 0.3) is 0 Å². The maximum absolute atomic E-state index is 11.8. The van der Waals surface area contributed by atoms with Crippen LogP contribution in [0.3, 0.4) is 0 Å². The van der Waals surface area contributed by atoms with Gasteiger partial charge in [0.1, 0.15) is 5.75 Å². The van der Waals surface area contributed by atoms with Crippen LogP contribution in [0.25, 0.3) is 11.1 Å². The Kier molecular flexibility index (Phi) is 5.88. The topological polar surface area (TPSA) is 56.8 Å². The first kappa shape index (κ1) is 19.9. The maximum atomic E-state index is 11.8. The van der Waals surface area contributed by atoms with E-state index in [0.717, 1.165) is 48.1 Å². The van der Waals surface area contributed by atoms with E-state index in [9.17, 15) is 4.79 Å². The Hall–Kier alpha value is -2.37. The molecule has 5 heteroatoms. The van der Waals surface area contributed by atoms with Crippen LogP contribution in [-0.4, -0.2) is 37.9 Å². The predicted octanol–water partition coefficient (Wildman–Crippen LogP) is 4.27. The quantitative estimate of drug-likeness (QED) is 0.840. The Bertz CT molecular complexity index is 845. The van der Waals surface area contributed by atoms with E-state index < -0.39 is 0 Å². The molecule has 0 saturated carbocycles. The number of ether oxygens (including phenoxy) is 3. The lowest BCUT2D eigenvalue weighted by atomic mass is 9.80. The largest absolute Gasteiger partial charge is 0.496 e. The molecule has 2 aromatic carbocycles. The number of benzene rings is 2. The van der Waals surface area contributed by atoms with Crippen molar-refractivity contribution in [2.75, 3.05) is 20.3 Å². The normalized spacial score (nSPS) is 23.5. The summed E-state index contributed by atoms with van der Waals surface area (Å²) in [5.41, 5.74) is 3.07. The molecular weight excluding hydrogens is 366 g/mol. The van der Waals surface area contributed by atoms with Crippen LogP contribution in [0.4, 0.5) is 0 Å². The lowest BCUT2D eigenvalue weighted by Crippen LogP contribution is -2.51. The van der Waals surface area contributed by atoms with E-state index in [1.54, 1.807) is 14.0 Å². The number of nitrogens with one attached hydrogen (secondary N) is 1. The third kappa shape index (κ3) is 4.46. The molecule has 2 aromatic rings. The second-order valence-electron chi connectivity index (χ2n) is 8.06. The SMILES string of the molecule is COc1ccc(-c2ccccc2)cc1[C@H]1C[C@@H](NC(C)=O)CC2(CCOCC2)O1. The molecule has 0 aromatic heterocycles. The van der Waals surface area contributed by atoms with Gasteiger partial charge in [-0.2, -0.15) is 0 Å². The van der Waals surface area contributed by atoms with Gasteiger partial charge < -0.3 is 19.5 Å². The molecule has 1 amide bonds. The van der Waals surface area contributed by atoms with Crippen molar-refractivity contribution in [1.29, 1.82) is 0 Å². The van der Waals surface area contributed by atoms with Gasteiger partial charge in [-0.1, -0.05) is 36.4 Å². The van der Waals surface area contributed by atoms with Gasteiger partial charge in [0.2, 0.25) is 5.91 Å². The van der Waals surface area contributed by atoms with Crippen molar-refractivity contribution >= 4 is 5.91 Å². The van der Waals surface area contributed by atoms with E-state index in [1.807, 2.05) is 24.3 Å². The summed E-state index contributed by atoms with van der Waals surface area (Å²) in [5, 5.41) is 3.14. The minimum atomic E-state index is -0.262. The van der Waals surface area contributed by atoms with Gasteiger partial charge in [-0.05, 0) is 48.9 Å². The van der Waals surface area contributed by atoms with E-state index in [2.05, 4.69) is 29.6 Å². The zero-order valence-electron chi connectivity index (χ0n) is 17.1. The standard InChI is InChI=1S/C24H29NO4/c1-17(26)25-20-15-23(29-24(16-20)10-12-28-13-11-24)21-14-19(8-9-22(21)27-2)18-6-4-3-5-7-18/h3-9,14,20,23H,10-13,15-16H2,1-2H3,(H,25,26)/t20-,23-/m1/s1. The average Bonchev–Trinajstić information content (AvgIpc) is 2.73. The van der Waals surface area contributed by atoms with Gasteiger partial charge in [-0.25, -0.2) is 0 Å². The fraction of sp³-hybridized carbons (Fsp3) is 0.458. The summed E-state index contributed by atoms with van der Waals surface area (Å²) in [5.74, 6) is 0.822. The Balaban J connectivity index is 1.69. The van der Waals surface area contributed by atoms with E-state index in [4.69, 9.17) is 14.2 Å². The highest BCUT2D eigenvalue weighted by molar-refractivity contribution is 5.73. The van der Waals surface area contributed by atoms with Crippen LogP contribution in [0.2, 0.25) is 0 Å².